The number of rotatable bonds is 5. The third-order valence-corrected chi connectivity index (χ3v) is 3.42. The fraction of sp³-hybridized carbons (Fsp3) is 0.833. The second-order valence-electron chi connectivity index (χ2n) is 4.51. The maximum absolute atomic E-state index is 11.3. The maximum Gasteiger partial charge on any atom is 0.372 e. The summed E-state index contributed by atoms with van der Waals surface area (Å²) in [5, 5.41) is 8.66. The smallest absolute Gasteiger partial charge is 0.372 e. The normalized spacial score (nSPS) is 19.8. The molecule has 0 radical (unpaired) electrons. The number of hydrogen-bond acceptors (Lipinski definition) is 2. The van der Waals surface area contributed by atoms with E-state index in [0.29, 0.717) is 12.3 Å². The first-order valence-electron chi connectivity index (χ1n) is 5.92. The van der Waals surface area contributed by atoms with Gasteiger partial charge < -0.3 is 5.11 Å². The molecule has 1 atom stereocenters. The second kappa shape index (κ2) is 5.89. The number of carboxylic acids is 1. The van der Waals surface area contributed by atoms with Crippen LogP contribution in [0.25, 0.3) is 0 Å². The number of carbonyl (C=O) groups is 2. The Bertz CT molecular complexity index is 229. The lowest BCUT2D eigenvalue weighted by atomic mass is 9.81. The van der Waals surface area contributed by atoms with Gasteiger partial charge in [0.05, 0.1) is 0 Å². The van der Waals surface area contributed by atoms with Gasteiger partial charge in [0.25, 0.3) is 0 Å². The zero-order valence-corrected chi connectivity index (χ0v) is 9.37. The third kappa shape index (κ3) is 3.65. The molecule has 0 spiro atoms. The molecule has 1 unspecified atom stereocenters. The molecule has 86 valence electrons. The summed E-state index contributed by atoms with van der Waals surface area (Å²) < 4.78 is 0. The van der Waals surface area contributed by atoms with Crippen LogP contribution in [0.15, 0.2) is 0 Å². The third-order valence-electron chi connectivity index (χ3n) is 3.42. The number of ketones is 1. The molecule has 1 N–H and O–H groups in total. The fourth-order valence-corrected chi connectivity index (χ4v) is 2.46. The Morgan fingerprint density at radius 2 is 1.87 bits per heavy atom. The summed E-state index contributed by atoms with van der Waals surface area (Å²) in [5.74, 6) is -1.54. The van der Waals surface area contributed by atoms with Gasteiger partial charge in [-0.3, -0.25) is 4.79 Å². The molecular weight excluding hydrogens is 192 g/mol. The lowest BCUT2D eigenvalue weighted by Crippen LogP contribution is -2.25. The average Bonchev–Trinajstić information content (AvgIpc) is 2.26. The lowest BCUT2D eigenvalue weighted by molar-refractivity contribution is -0.151. The van der Waals surface area contributed by atoms with Crippen molar-refractivity contribution in [1.29, 1.82) is 0 Å². The van der Waals surface area contributed by atoms with Gasteiger partial charge in [-0.25, -0.2) is 4.79 Å². The van der Waals surface area contributed by atoms with Gasteiger partial charge in [-0.1, -0.05) is 39.0 Å². The van der Waals surface area contributed by atoms with E-state index in [2.05, 4.69) is 0 Å². The Morgan fingerprint density at radius 1 is 1.27 bits per heavy atom. The predicted molar refractivity (Wildman–Crippen MR) is 57.6 cm³/mol. The first kappa shape index (κ1) is 12.2. The van der Waals surface area contributed by atoms with Crippen molar-refractivity contribution in [3.63, 3.8) is 0 Å². The highest BCUT2D eigenvalue weighted by Gasteiger charge is 2.26. The van der Waals surface area contributed by atoms with Crippen LogP contribution in [0.5, 0.6) is 0 Å². The van der Waals surface area contributed by atoms with Gasteiger partial charge in [0.15, 0.2) is 0 Å². The van der Waals surface area contributed by atoms with Crippen molar-refractivity contribution in [2.24, 2.45) is 11.8 Å². The van der Waals surface area contributed by atoms with Gasteiger partial charge in [-0.05, 0) is 18.8 Å². The van der Waals surface area contributed by atoms with Crippen molar-refractivity contribution >= 4 is 11.8 Å². The topological polar surface area (TPSA) is 54.4 Å². The molecule has 1 saturated carbocycles. The number of carboxylic acid groups (broad SMARTS) is 1. The van der Waals surface area contributed by atoms with Crippen molar-refractivity contribution < 1.29 is 14.7 Å². The summed E-state index contributed by atoms with van der Waals surface area (Å²) >= 11 is 0. The Balaban J connectivity index is 2.44. The van der Waals surface area contributed by atoms with Crippen LogP contribution in [0.4, 0.5) is 0 Å². The first-order chi connectivity index (χ1) is 7.15. The largest absolute Gasteiger partial charge is 0.475 e. The van der Waals surface area contributed by atoms with E-state index in [0.717, 1.165) is 6.42 Å². The Labute approximate surface area is 90.9 Å². The number of hydrogen-bond donors (Lipinski definition) is 1. The zero-order valence-electron chi connectivity index (χ0n) is 9.37. The van der Waals surface area contributed by atoms with Gasteiger partial charge in [0, 0.05) is 5.92 Å². The average molecular weight is 212 g/mol. The molecular formula is C12H20O3. The number of Topliss-reactive ketones (excluding diaryl/α,β-unsaturated/α-hetero) is 1. The van der Waals surface area contributed by atoms with E-state index >= 15 is 0 Å². The Hall–Kier alpha value is -0.860. The van der Waals surface area contributed by atoms with Crippen LogP contribution in [0.2, 0.25) is 0 Å². The van der Waals surface area contributed by atoms with Crippen LogP contribution in [0.3, 0.4) is 0 Å². The van der Waals surface area contributed by atoms with Gasteiger partial charge in [0.1, 0.15) is 0 Å². The summed E-state index contributed by atoms with van der Waals surface area (Å²) in [4.78, 5) is 21.9. The van der Waals surface area contributed by atoms with Crippen LogP contribution in [0.1, 0.15) is 51.9 Å². The quantitative estimate of drug-likeness (QED) is 0.713. The zero-order chi connectivity index (χ0) is 11.3. The molecule has 15 heavy (non-hydrogen) atoms. The van der Waals surface area contributed by atoms with E-state index < -0.39 is 11.8 Å². The van der Waals surface area contributed by atoms with Crippen molar-refractivity contribution in [2.75, 3.05) is 0 Å². The number of aliphatic carboxylic acids is 1. The summed E-state index contributed by atoms with van der Waals surface area (Å²) in [5.41, 5.74) is 0. The summed E-state index contributed by atoms with van der Waals surface area (Å²) in [6.07, 6.45) is 7.54. The van der Waals surface area contributed by atoms with E-state index in [-0.39, 0.29) is 5.92 Å². The molecule has 0 saturated heterocycles. The van der Waals surface area contributed by atoms with Gasteiger partial charge in [-0.15, -0.1) is 0 Å². The second-order valence-corrected chi connectivity index (χ2v) is 4.51. The van der Waals surface area contributed by atoms with Crippen LogP contribution in [-0.2, 0) is 9.59 Å². The molecule has 1 aliphatic carbocycles. The Kier molecular flexibility index (Phi) is 4.79. The van der Waals surface area contributed by atoms with Crippen molar-refractivity contribution in [2.45, 2.75) is 51.9 Å². The molecule has 0 aliphatic heterocycles. The first-order valence-corrected chi connectivity index (χ1v) is 5.92. The van der Waals surface area contributed by atoms with E-state index in [1.165, 1.54) is 32.1 Å². The summed E-state index contributed by atoms with van der Waals surface area (Å²) in [6.45, 7) is 1.90. The summed E-state index contributed by atoms with van der Waals surface area (Å²) in [6, 6.07) is 0. The minimum Gasteiger partial charge on any atom is -0.475 e. The molecule has 3 nitrogen and oxygen atoms in total. The van der Waals surface area contributed by atoms with Crippen molar-refractivity contribution in [1.82, 2.24) is 0 Å². The lowest BCUT2D eigenvalue weighted by Gasteiger charge is -2.24. The molecule has 0 heterocycles. The van der Waals surface area contributed by atoms with E-state index in [9.17, 15) is 9.59 Å². The van der Waals surface area contributed by atoms with E-state index in [4.69, 9.17) is 5.11 Å². The van der Waals surface area contributed by atoms with E-state index in [1.54, 1.807) is 0 Å². The molecule has 0 aromatic heterocycles. The van der Waals surface area contributed by atoms with Crippen LogP contribution in [0, 0.1) is 11.8 Å². The summed E-state index contributed by atoms with van der Waals surface area (Å²) in [7, 11) is 0. The monoisotopic (exact) mass is 212 g/mol. The molecule has 3 heteroatoms. The van der Waals surface area contributed by atoms with Gasteiger partial charge in [-0.2, -0.15) is 0 Å². The van der Waals surface area contributed by atoms with Gasteiger partial charge in [0.2, 0.25) is 5.78 Å². The minimum atomic E-state index is -1.27. The van der Waals surface area contributed by atoms with Crippen LogP contribution >= 0.6 is 0 Å². The molecule has 0 aromatic carbocycles. The highest BCUT2D eigenvalue weighted by Crippen LogP contribution is 2.30. The van der Waals surface area contributed by atoms with E-state index in [1.807, 2.05) is 6.92 Å². The predicted octanol–water partition coefficient (Wildman–Crippen LogP) is 2.64. The standard InChI is InChI=1S/C12H20O3/c1-2-10(11(13)12(14)15)8-9-6-4-3-5-7-9/h9-10H,2-8H2,1H3,(H,14,15). The highest BCUT2D eigenvalue weighted by molar-refractivity contribution is 6.33. The molecule has 1 aliphatic rings. The molecule has 1 fully saturated rings. The maximum atomic E-state index is 11.3. The molecule has 1 rings (SSSR count). The van der Waals surface area contributed by atoms with Crippen molar-refractivity contribution in [3.8, 4) is 0 Å². The van der Waals surface area contributed by atoms with Crippen molar-refractivity contribution in [3.05, 3.63) is 0 Å². The molecule has 0 aromatic rings. The molecule has 0 bridgehead atoms. The van der Waals surface area contributed by atoms with Crippen LogP contribution in [-0.4, -0.2) is 16.9 Å². The Morgan fingerprint density at radius 3 is 2.33 bits per heavy atom. The molecule has 0 amide bonds. The van der Waals surface area contributed by atoms with Crippen LogP contribution < -0.4 is 0 Å². The highest BCUT2D eigenvalue weighted by atomic mass is 16.4. The van der Waals surface area contributed by atoms with Gasteiger partial charge >= 0.3 is 5.97 Å². The fourth-order valence-electron chi connectivity index (χ4n) is 2.46. The SMILES string of the molecule is CCC(CC1CCCCC1)C(=O)C(=O)O. The minimum absolute atomic E-state index is 0.259. The number of carbonyl (C=O) groups excluding carboxylic acids is 1.